The Morgan fingerprint density at radius 3 is 1.25 bits per heavy atom. The highest BCUT2D eigenvalue weighted by molar-refractivity contribution is 7.80. The van der Waals surface area contributed by atoms with Crippen molar-refractivity contribution in [1.29, 1.82) is 0 Å². The summed E-state index contributed by atoms with van der Waals surface area (Å²) >= 11 is 4.38. The molecule has 121 valence electrons. The molecule has 0 unspecified atom stereocenters. The molecule has 0 spiro atoms. The summed E-state index contributed by atoms with van der Waals surface area (Å²) in [4.78, 5) is 0.947. The van der Waals surface area contributed by atoms with Crippen LogP contribution in [-0.2, 0) is 0 Å². The van der Waals surface area contributed by atoms with E-state index in [0.717, 1.165) is 39.0 Å². The largest absolute Gasteiger partial charge is 0.497 e. The van der Waals surface area contributed by atoms with Crippen molar-refractivity contribution in [3.05, 3.63) is 95.4 Å². The Hall–Kier alpha value is -2.39. The molecule has 0 aliphatic heterocycles. The molecular weight excluding hydrogens is 316 g/mol. The molecule has 0 heterocycles. The standard InChI is InChI=1S/C21H19O2S/c1-22-18-9-3-15(4-10-18)21(17-7-13-20(24)14-8-17)16-5-11-19(23-2)12-6-16/h3-14,24H,1-2H3. The lowest BCUT2D eigenvalue weighted by atomic mass is 9.85. The molecule has 3 rings (SSSR count). The Morgan fingerprint density at radius 2 is 0.917 bits per heavy atom. The fourth-order valence-corrected chi connectivity index (χ4v) is 2.79. The predicted octanol–water partition coefficient (Wildman–Crippen LogP) is 5.01. The van der Waals surface area contributed by atoms with Gasteiger partial charge in [-0.2, -0.15) is 0 Å². The van der Waals surface area contributed by atoms with Crippen molar-refractivity contribution in [2.75, 3.05) is 14.2 Å². The van der Waals surface area contributed by atoms with Gasteiger partial charge in [0.15, 0.2) is 0 Å². The topological polar surface area (TPSA) is 18.5 Å². The zero-order valence-electron chi connectivity index (χ0n) is 13.7. The van der Waals surface area contributed by atoms with Gasteiger partial charge in [-0.3, -0.25) is 0 Å². The third-order valence-electron chi connectivity index (χ3n) is 3.91. The number of methoxy groups -OCH3 is 2. The fraction of sp³-hybridized carbons (Fsp3) is 0.0952. The average molecular weight is 335 g/mol. The maximum atomic E-state index is 5.27. The third kappa shape index (κ3) is 3.57. The number of ether oxygens (including phenoxy) is 2. The van der Waals surface area contributed by atoms with Gasteiger partial charge in [-0.1, -0.05) is 36.4 Å². The highest BCUT2D eigenvalue weighted by Gasteiger charge is 2.18. The van der Waals surface area contributed by atoms with Crippen LogP contribution in [0.1, 0.15) is 16.7 Å². The van der Waals surface area contributed by atoms with Crippen molar-refractivity contribution in [3.63, 3.8) is 0 Å². The summed E-state index contributed by atoms with van der Waals surface area (Å²) in [5.41, 5.74) is 3.41. The second-order valence-electron chi connectivity index (χ2n) is 5.38. The molecule has 0 bridgehead atoms. The highest BCUT2D eigenvalue weighted by atomic mass is 32.1. The summed E-state index contributed by atoms with van der Waals surface area (Å²) in [7, 11) is 3.35. The van der Waals surface area contributed by atoms with Crippen molar-refractivity contribution >= 4 is 12.6 Å². The van der Waals surface area contributed by atoms with E-state index in [1.54, 1.807) is 14.2 Å². The highest BCUT2D eigenvalue weighted by Crippen LogP contribution is 2.33. The van der Waals surface area contributed by atoms with Gasteiger partial charge in [0.25, 0.3) is 0 Å². The Labute approximate surface area is 148 Å². The molecule has 0 aliphatic carbocycles. The number of hydrogen-bond donors (Lipinski definition) is 1. The summed E-state index contributed by atoms with van der Waals surface area (Å²) < 4.78 is 10.5. The maximum Gasteiger partial charge on any atom is 0.118 e. The van der Waals surface area contributed by atoms with Crippen LogP contribution in [0.3, 0.4) is 0 Å². The summed E-state index contributed by atoms with van der Waals surface area (Å²) in [6, 6.07) is 24.4. The molecule has 3 heteroatoms. The molecule has 0 atom stereocenters. The van der Waals surface area contributed by atoms with Crippen LogP contribution in [0.15, 0.2) is 77.7 Å². The van der Waals surface area contributed by atoms with Crippen molar-refractivity contribution in [2.24, 2.45) is 0 Å². The molecule has 0 amide bonds. The van der Waals surface area contributed by atoms with Gasteiger partial charge in [0.2, 0.25) is 0 Å². The first-order chi connectivity index (χ1) is 11.7. The second kappa shape index (κ2) is 7.45. The fourth-order valence-electron chi connectivity index (χ4n) is 2.64. The SMILES string of the molecule is COc1ccc([C](c2ccc(S)cc2)c2ccc(OC)cc2)cc1. The first kappa shape index (κ1) is 16.5. The van der Waals surface area contributed by atoms with E-state index in [1.165, 1.54) is 0 Å². The Balaban J connectivity index is 2.06. The number of hydrogen-bond acceptors (Lipinski definition) is 3. The quantitative estimate of drug-likeness (QED) is 0.522. The second-order valence-corrected chi connectivity index (χ2v) is 5.90. The Kier molecular flexibility index (Phi) is 5.11. The van der Waals surface area contributed by atoms with Crippen LogP contribution in [0.25, 0.3) is 0 Å². The Bertz CT molecular complexity index is 730. The minimum absolute atomic E-state index is 0.846. The van der Waals surface area contributed by atoms with Gasteiger partial charge in [-0.05, 0) is 53.1 Å². The van der Waals surface area contributed by atoms with E-state index in [4.69, 9.17) is 9.47 Å². The van der Waals surface area contributed by atoms with Gasteiger partial charge in [0, 0.05) is 4.90 Å². The smallest absolute Gasteiger partial charge is 0.118 e. The third-order valence-corrected chi connectivity index (χ3v) is 4.21. The van der Waals surface area contributed by atoms with E-state index in [9.17, 15) is 0 Å². The van der Waals surface area contributed by atoms with Crippen LogP contribution in [-0.4, -0.2) is 14.2 Å². The zero-order chi connectivity index (χ0) is 16.9. The van der Waals surface area contributed by atoms with Crippen molar-refractivity contribution in [3.8, 4) is 11.5 Å². The van der Waals surface area contributed by atoms with Crippen molar-refractivity contribution in [1.82, 2.24) is 0 Å². The molecule has 24 heavy (non-hydrogen) atoms. The molecule has 0 aromatic heterocycles. The van der Waals surface area contributed by atoms with E-state index >= 15 is 0 Å². The number of rotatable bonds is 5. The summed E-state index contributed by atoms with van der Waals surface area (Å²) in [6.45, 7) is 0. The van der Waals surface area contributed by atoms with E-state index in [-0.39, 0.29) is 0 Å². The lowest BCUT2D eigenvalue weighted by Crippen LogP contribution is -2.04. The van der Waals surface area contributed by atoms with Gasteiger partial charge in [0.05, 0.1) is 20.1 Å². The molecule has 2 nitrogen and oxygen atoms in total. The van der Waals surface area contributed by atoms with Gasteiger partial charge in [0.1, 0.15) is 11.5 Å². The molecule has 3 aromatic carbocycles. The minimum atomic E-state index is 0.846. The molecular formula is C21H19O2S. The first-order valence-corrected chi connectivity index (χ1v) is 8.11. The lowest BCUT2D eigenvalue weighted by Gasteiger charge is -2.19. The molecule has 1 radical (unpaired) electrons. The van der Waals surface area contributed by atoms with E-state index in [1.807, 2.05) is 36.4 Å². The zero-order valence-corrected chi connectivity index (χ0v) is 14.6. The molecule has 0 saturated heterocycles. The van der Waals surface area contributed by atoms with Crippen LogP contribution in [0.4, 0.5) is 0 Å². The maximum absolute atomic E-state index is 5.27. The Morgan fingerprint density at radius 1 is 0.583 bits per heavy atom. The van der Waals surface area contributed by atoms with Crippen molar-refractivity contribution < 1.29 is 9.47 Å². The van der Waals surface area contributed by atoms with Crippen LogP contribution < -0.4 is 9.47 Å². The molecule has 3 aromatic rings. The van der Waals surface area contributed by atoms with E-state index in [0.29, 0.717) is 0 Å². The van der Waals surface area contributed by atoms with Gasteiger partial charge in [-0.15, -0.1) is 12.6 Å². The molecule has 0 N–H and O–H groups in total. The molecule has 0 saturated carbocycles. The van der Waals surface area contributed by atoms with Crippen LogP contribution in [0, 0.1) is 5.92 Å². The predicted molar refractivity (Wildman–Crippen MR) is 100 cm³/mol. The van der Waals surface area contributed by atoms with Crippen LogP contribution >= 0.6 is 12.6 Å². The summed E-state index contributed by atoms with van der Waals surface area (Å²) in [5.74, 6) is 2.85. The lowest BCUT2D eigenvalue weighted by molar-refractivity contribution is 0.414. The monoisotopic (exact) mass is 335 g/mol. The van der Waals surface area contributed by atoms with Crippen molar-refractivity contribution in [2.45, 2.75) is 4.90 Å². The first-order valence-electron chi connectivity index (χ1n) is 7.66. The molecule has 0 aliphatic rings. The van der Waals surface area contributed by atoms with E-state index in [2.05, 4.69) is 49.0 Å². The van der Waals surface area contributed by atoms with Gasteiger partial charge < -0.3 is 9.47 Å². The normalized spacial score (nSPS) is 10.7. The summed E-state index contributed by atoms with van der Waals surface area (Å²) in [5, 5.41) is 0. The van der Waals surface area contributed by atoms with Crippen LogP contribution in [0.5, 0.6) is 11.5 Å². The van der Waals surface area contributed by atoms with Crippen LogP contribution in [0.2, 0.25) is 0 Å². The minimum Gasteiger partial charge on any atom is -0.497 e. The number of thiol groups is 1. The average Bonchev–Trinajstić information content (AvgIpc) is 2.64. The van der Waals surface area contributed by atoms with Gasteiger partial charge in [-0.25, -0.2) is 0 Å². The van der Waals surface area contributed by atoms with Gasteiger partial charge >= 0.3 is 0 Å². The number of benzene rings is 3. The van der Waals surface area contributed by atoms with E-state index < -0.39 is 0 Å². The summed E-state index contributed by atoms with van der Waals surface area (Å²) in [6.07, 6.45) is 0. The molecule has 0 fully saturated rings.